The van der Waals surface area contributed by atoms with Crippen LogP contribution in [0.15, 0.2) is 42.5 Å². The second-order valence-electron chi connectivity index (χ2n) is 6.81. The molecule has 0 aliphatic carbocycles. The summed E-state index contributed by atoms with van der Waals surface area (Å²) in [6.07, 6.45) is 0. The van der Waals surface area contributed by atoms with E-state index in [2.05, 4.69) is 5.32 Å². The maximum absolute atomic E-state index is 13.7. The van der Waals surface area contributed by atoms with Crippen LogP contribution in [0.5, 0.6) is 0 Å². The first-order chi connectivity index (χ1) is 12.8. The zero-order valence-electron chi connectivity index (χ0n) is 16.3. The molecule has 0 unspecified atom stereocenters. The second-order valence-corrected chi connectivity index (χ2v) is 6.81. The molecule has 2 rings (SSSR count). The molecule has 1 N–H and O–H groups in total. The van der Waals surface area contributed by atoms with E-state index >= 15 is 0 Å². The first kappa shape index (κ1) is 20.6. The molecule has 5 nitrogen and oxygen atoms in total. The Balaban J connectivity index is 1.86. The smallest absolute Gasteiger partial charge is 0.238 e. The molecule has 0 saturated heterocycles. The van der Waals surface area contributed by atoms with Crippen LogP contribution in [0.4, 0.5) is 10.1 Å². The van der Waals surface area contributed by atoms with Crippen LogP contribution in [0.2, 0.25) is 0 Å². The van der Waals surface area contributed by atoms with Crippen molar-refractivity contribution in [2.24, 2.45) is 0 Å². The van der Waals surface area contributed by atoms with Crippen LogP contribution in [-0.4, -0.2) is 48.8 Å². The first-order valence-electron chi connectivity index (χ1n) is 8.80. The summed E-state index contributed by atoms with van der Waals surface area (Å²) in [5.74, 6) is -0.700. The monoisotopic (exact) mass is 371 g/mol. The van der Waals surface area contributed by atoms with Gasteiger partial charge in [0.2, 0.25) is 11.8 Å². The molecular formula is C21H26FN3O2. The van der Waals surface area contributed by atoms with Crippen molar-refractivity contribution in [3.8, 4) is 0 Å². The van der Waals surface area contributed by atoms with Gasteiger partial charge in [-0.3, -0.25) is 14.5 Å². The SMILES string of the molecule is Cc1cccc(NC(=O)CN(C)CC(=O)N(C)Cc2ccccc2F)c1C. The molecule has 0 aliphatic heterocycles. The predicted octanol–water partition coefficient (Wildman–Crippen LogP) is 2.97. The number of hydrogen-bond acceptors (Lipinski definition) is 3. The van der Waals surface area contributed by atoms with Crippen molar-refractivity contribution in [3.63, 3.8) is 0 Å². The normalized spacial score (nSPS) is 10.7. The molecule has 0 spiro atoms. The molecule has 0 heterocycles. The number of rotatable bonds is 7. The van der Waals surface area contributed by atoms with E-state index in [1.54, 1.807) is 37.2 Å². The number of carbonyl (C=O) groups is 2. The largest absolute Gasteiger partial charge is 0.340 e. The fraction of sp³-hybridized carbons (Fsp3) is 0.333. The van der Waals surface area contributed by atoms with Gasteiger partial charge in [0.25, 0.3) is 0 Å². The molecule has 2 amide bonds. The topological polar surface area (TPSA) is 52.7 Å². The number of anilines is 1. The number of amides is 2. The van der Waals surface area contributed by atoms with E-state index in [4.69, 9.17) is 0 Å². The summed E-state index contributed by atoms with van der Waals surface area (Å²) < 4.78 is 13.7. The van der Waals surface area contributed by atoms with E-state index in [1.165, 1.54) is 11.0 Å². The summed E-state index contributed by atoms with van der Waals surface area (Å²) in [5.41, 5.74) is 3.36. The summed E-state index contributed by atoms with van der Waals surface area (Å²) in [4.78, 5) is 27.7. The molecule has 0 fully saturated rings. The van der Waals surface area contributed by atoms with E-state index in [9.17, 15) is 14.0 Å². The van der Waals surface area contributed by atoms with Gasteiger partial charge in [-0.05, 0) is 44.2 Å². The molecule has 0 atom stereocenters. The minimum Gasteiger partial charge on any atom is -0.340 e. The van der Waals surface area contributed by atoms with E-state index in [0.717, 1.165) is 16.8 Å². The lowest BCUT2D eigenvalue weighted by Crippen LogP contribution is -2.39. The molecule has 2 aromatic rings. The van der Waals surface area contributed by atoms with Crippen LogP contribution in [0, 0.1) is 19.7 Å². The minimum absolute atomic E-state index is 0.0746. The van der Waals surface area contributed by atoms with Crippen LogP contribution in [0.3, 0.4) is 0 Å². The summed E-state index contributed by atoms with van der Waals surface area (Å²) in [7, 11) is 3.33. The zero-order chi connectivity index (χ0) is 20.0. The van der Waals surface area contributed by atoms with Gasteiger partial charge in [-0.1, -0.05) is 30.3 Å². The van der Waals surface area contributed by atoms with Crippen molar-refractivity contribution < 1.29 is 14.0 Å². The van der Waals surface area contributed by atoms with Crippen LogP contribution in [0.1, 0.15) is 16.7 Å². The summed E-state index contributed by atoms with van der Waals surface area (Å²) in [5, 5.41) is 2.88. The molecule has 6 heteroatoms. The van der Waals surface area contributed by atoms with E-state index in [1.807, 2.05) is 32.0 Å². The van der Waals surface area contributed by atoms with Gasteiger partial charge in [0, 0.05) is 24.8 Å². The fourth-order valence-electron chi connectivity index (χ4n) is 2.70. The lowest BCUT2D eigenvalue weighted by atomic mass is 10.1. The Hall–Kier alpha value is -2.73. The van der Waals surface area contributed by atoms with Crippen molar-refractivity contribution in [1.82, 2.24) is 9.80 Å². The van der Waals surface area contributed by atoms with Gasteiger partial charge in [0.05, 0.1) is 13.1 Å². The number of aryl methyl sites for hydroxylation is 1. The van der Waals surface area contributed by atoms with Crippen LogP contribution in [-0.2, 0) is 16.1 Å². The number of nitrogens with one attached hydrogen (secondary N) is 1. The van der Waals surface area contributed by atoms with Crippen molar-refractivity contribution in [1.29, 1.82) is 0 Å². The highest BCUT2D eigenvalue weighted by Gasteiger charge is 2.16. The maximum atomic E-state index is 13.7. The van der Waals surface area contributed by atoms with Gasteiger partial charge < -0.3 is 10.2 Å². The average Bonchev–Trinajstić information content (AvgIpc) is 2.60. The number of hydrogen-bond donors (Lipinski definition) is 1. The fourth-order valence-corrected chi connectivity index (χ4v) is 2.70. The van der Waals surface area contributed by atoms with Crippen molar-refractivity contribution in [2.45, 2.75) is 20.4 Å². The minimum atomic E-state index is -0.335. The predicted molar refractivity (Wildman–Crippen MR) is 105 cm³/mol. The molecular weight excluding hydrogens is 345 g/mol. The molecule has 27 heavy (non-hydrogen) atoms. The van der Waals surface area contributed by atoms with E-state index in [-0.39, 0.29) is 37.3 Å². The Morgan fingerprint density at radius 2 is 1.70 bits per heavy atom. The number of likely N-dealkylation sites (N-methyl/N-ethyl adjacent to an activating group) is 2. The first-order valence-corrected chi connectivity index (χ1v) is 8.80. The Labute approximate surface area is 159 Å². The molecule has 144 valence electrons. The Morgan fingerprint density at radius 1 is 1.00 bits per heavy atom. The lowest BCUT2D eigenvalue weighted by molar-refractivity contribution is -0.131. The van der Waals surface area contributed by atoms with Gasteiger partial charge in [-0.25, -0.2) is 4.39 Å². The van der Waals surface area contributed by atoms with Crippen LogP contribution < -0.4 is 5.32 Å². The molecule has 0 radical (unpaired) electrons. The molecule has 0 bridgehead atoms. The molecule has 0 aromatic heterocycles. The van der Waals surface area contributed by atoms with Gasteiger partial charge in [-0.15, -0.1) is 0 Å². The standard InChI is InChI=1S/C21H26FN3O2/c1-15-8-7-11-19(16(15)2)23-20(26)13-24(3)14-21(27)25(4)12-17-9-5-6-10-18(17)22/h5-11H,12-14H2,1-4H3,(H,23,26). The van der Waals surface area contributed by atoms with Gasteiger partial charge in [-0.2, -0.15) is 0 Å². The maximum Gasteiger partial charge on any atom is 0.238 e. The summed E-state index contributed by atoms with van der Waals surface area (Å²) in [6, 6.07) is 12.1. The third-order valence-corrected chi connectivity index (χ3v) is 4.49. The quantitative estimate of drug-likeness (QED) is 0.814. The van der Waals surface area contributed by atoms with Crippen LogP contribution >= 0.6 is 0 Å². The van der Waals surface area contributed by atoms with Gasteiger partial charge in [0.1, 0.15) is 5.82 Å². The molecule has 0 saturated carbocycles. The number of benzene rings is 2. The van der Waals surface area contributed by atoms with E-state index in [0.29, 0.717) is 5.56 Å². The Kier molecular flexibility index (Phi) is 7.07. The second kappa shape index (κ2) is 9.28. The average molecular weight is 371 g/mol. The molecule has 2 aromatic carbocycles. The van der Waals surface area contributed by atoms with Crippen LogP contribution in [0.25, 0.3) is 0 Å². The number of halogens is 1. The lowest BCUT2D eigenvalue weighted by Gasteiger charge is -2.22. The highest BCUT2D eigenvalue weighted by atomic mass is 19.1. The third kappa shape index (κ3) is 5.89. The van der Waals surface area contributed by atoms with E-state index < -0.39 is 0 Å². The van der Waals surface area contributed by atoms with Crippen molar-refractivity contribution in [2.75, 3.05) is 32.5 Å². The zero-order valence-corrected chi connectivity index (χ0v) is 16.3. The highest BCUT2D eigenvalue weighted by molar-refractivity contribution is 5.93. The van der Waals surface area contributed by atoms with Gasteiger partial charge >= 0.3 is 0 Å². The van der Waals surface area contributed by atoms with Crippen molar-refractivity contribution >= 4 is 17.5 Å². The summed E-state index contributed by atoms with van der Waals surface area (Å²) >= 11 is 0. The van der Waals surface area contributed by atoms with Gasteiger partial charge in [0.15, 0.2) is 0 Å². The van der Waals surface area contributed by atoms with Crippen molar-refractivity contribution in [3.05, 3.63) is 65.0 Å². The highest BCUT2D eigenvalue weighted by Crippen LogP contribution is 2.17. The third-order valence-electron chi connectivity index (χ3n) is 4.49. The molecule has 0 aliphatic rings. The number of nitrogens with zero attached hydrogens (tertiary/aromatic N) is 2. The Morgan fingerprint density at radius 3 is 2.41 bits per heavy atom. The number of carbonyl (C=O) groups excluding carboxylic acids is 2. The Bertz CT molecular complexity index is 823. The summed E-state index contributed by atoms with van der Waals surface area (Å²) in [6.45, 7) is 4.29.